The van der Waals surface area contributed by atoms with Crippen LogP contribution in [0.25, 0.3) is 0 Å². The minimum absolute atomic E-state index is 0.415. The topological polar surface area (TPSA) is 30.9 Å². The van der Waals surface area contributed by atoms with Crippen LogP contribution < -0.4 is 0 Å². The summed E-state index contributed by atoms with van der Waals surface area (Å²) in [6.07, 6.45) is 8.46. The Morgan fingerprint density at radius 1 is 1.11 bits per heavy atom. The van der Waals surface area contributed by atoms with Gasteiger partial charge in [0.05, 0.1) is 24.9 Å². The number of ether oxygens (including phenoxy) is 3. The average molecular weight is 269 g/mol. The standard InChI is InChI=1S/C15H27NO3/c1-17-12-5-6-15-14(10-12)16(7-9-19-15)11-13-4-2-3-8-18-13/h12-15H,2-11H2,1H3. The summed E-state index contributed by atoms with van der Waals surface area (Å²) in [6, 6.07) is 0.540. The van der Waals surface area contributed by atoms with Crippen LogP contribution in [0.3, 0.4) is 0 Å². The highest BCUT2D eigenvalue weighted by atomic mass is 16.5. The van der Waals surface area contributed by atoms with Crippen LogP contribution >= 0.6 is 0 Å². The fourth-order valence-corrected chi connectivity index (χ4v) is 3.80. The fourth-order valence-electron chi connectivity index (χ4n) is 3.80. The first-order valence-electron chi connectivity index (χ1n) is 7.87. The van der Waals surface area contributed by atoms with Gasteiger partial charge in [-0.2, -0.15) is 0 Å². The Balaban J connectivity index is 1.59. The van der Waals surface area contributed by atoms with E-state index in [-0.39, 0.29) is 0 Å². The summed E-state index contributed by atoms with van der Waals surface area (Å²) in [5, 5.41) is 0. The molecule has 0 aromatic carbocycles. The van der Waals surface area contributed by atoms with Crippen LogP contribution in [0.1, 0.15) is 38.5 Å². The van der Waals surface area contributed by atoms with Crippen molar-refractivity contribution < 1.29 is 14.2 Å². The molecular formula is C15H27NO3. The number of nitrogens with zero attached hydrogens (tertiary/aromatic N) is 1. The Labute approximate surface area is 116 Å². The zero-order chi connectivity index (χ0) is 13.1. The molecule has 0 aromatic rings. The molecule has 19 heavy (non-hydrogen) atoms. The van der Waals surface area contributed by atoms with E-state index < -0.39 is 0 Å². The Hall–Kier alpha value is -0.160. The van der Waals surface area contributed by atoms with Crippen molar-refractivity contribution in [3.05, 3.63) is 0 Å². The molecule has 4 heteroatoms. The molecule has 2 aliphatic heterocycles. The van der Waals surface area contributed by atoms with Gasteiger partial charge in [0, 0.05) is 32.8 Å². The number of morpholine rings is 1. The number of methoxy groups -OCH3 is 1. The van der Waals surface area contributed by atoms with E-state index in [1.807, 2.05) is 7.11 Å². The average Bonchev–Trinajstić information content (AvgIpc) is 2.48. The lowest BCUT2D eigenvalue weighted by Crippen LogP contribution is -2.56. The third-order valence-electron chi connectivity index (χ3n) is 4.93. The van der Waals surface area contributed by atoms with Gasteiger partial charge in [0.1, 0.15) is 0 Å². The lowest BCUT2D eigenvalue weighted by atomic mass is 9.87. The first-order valence-corrected chi connectivity index (χ1v) is 7.87. The van der Waals surface area contributed by atoms with Gasteiger partial charge in [0.25, 0.3) is 0 Å². The summed E-state index contributed by atoms with van der Waals surface area (Å²) in [5.74, 6) is 0. The fraction of sp³-hybridized carbons (Fsp3) is 1.00. The number of rotatable bonds is 3. The van der Waals surface area contributed by atoms with E-state index in [0.29, 0.717) is 24.4 Å². The zero-order valence-corrected chi connectivity index (χ0v) is 12.1. The molecule has 2 saturated heterocycles. The second-order valence-corrected chi connectivity index (χ2v) is 6.13. The molecule has 0 N–H and O–H groups in total. The van der Waals surface area contributed by atoms with Gasteiger partial charge in [-0.1, -0.05) is 0 Å². The molecule has 0 aromatic heterocycles. The van der Waals surface area contributed by atoms with Crippen LogP contribution in [0.2, 0.25) is 0 Å². The van der Waals surface area contributed by atoms with Crippen molar-refractivity contribution in [2.45, 2.75) is 62.9 Å². The predicted molar refractivity (Wildman–Crippen MR) is 73.3 cm³/mol. The molecule has 0 bridgehead atoms. The van der Waals surface area contributed by atoms with E-state index in [1.54, 1.807) is 0 Å². The second-order valence-electron chi connectivity index (χ2n) is 6.13. The van der Waals surface area contributed by atoms with E-state index >= 15 is 0 Å². The maximum Gasteiger partial charge on any atom is 0.0732 e. The van der Waals surface area contributed by atoms with Crippen LogP contribution in [0.4, 0.5) is 0 Å². The quantitative estimate of drug-likeness (QED) is 0.782. The highest BCUT2D eigenvalue weighted by Gasteiger charge is 2.38. The van der Waals surface area contributed by atoms with Crippen molar-refractivity contribution in [3.63, 3.8) is 0 Å². The number of hydrogen-bond acceptors (Lipinski definition) is 4. The van der Waals surface area contributed by atoms with Gasteiger partial charge >= 0.3 is 0 Å². The van der Waals surface area contributed by atoms with Crippen molar-refractivity contribution in [1.29, 1.82) is 0 Å². The van der Waals surface area contributed by atoms with Crippen LogP contribution in [0.5, 0.6) is 0 Å². The molecule has 1 aliphatic carbocycles. The second kappa shape index (κ2) is 6.53. The van der Waals surface area contributed by atoms with Gasteiger partial charge in [0.2, 0.25) is 0 Å². The molecule has 4 atom stereocenters. The molecule has 4 unspecified atom stereocenters. The van der Waals surface area contributed by atoms with E-state index in [2.05, 4.69) is 4.90 Å². The normalized spacial score (nSPS) is 40.9. The first-order chi connectivity index (χ1) is 9.36. The minimum Gasteiger partial charge on any atom is -0.381 e. The maximum atomic E-state index is 5.96. The minimum atomic E-state index is 0.415. The van der Waals surface area contributed by atoms with E-state index in [0.717, 1.165) is 45.6 Å². The summed E-state index contributed by atoms with van der Waals surface area (Å²) < 4.78 is 17.4. The van der Waals surface area contributed by atoms with Crippen LogP contribution in [0, 0.1) is 0 Å². The third-order valence-corrected chi connectivity index (χ3v) is 4.93. The third kappa shape index (κ3) is 3.30. The van der Waals surface area contributed by atoms with Gasteiger partial charge in [-0.05, 0) is 38.5 Å². The van der Waals surface area contributed by atoms with Crippen molar-refractivity contribution in [3.8, 4) is 0 Å². The SMILES string of the molecule is COC1CCC2OCCN(CC3CCCCO3)C2C1. The monoisotopic (exact) mass is 269 g/mol. The van der Waals surface area contributed by atoms with Crippen molar-refractivity contribution >= 4 is 0 Å². The van der Waals surface area contributed by atoms with Crippen molar-refractivity contribution in [1.82, 2.24) is 4.90 Å². The van der Waals surface area contributed by atoms with Gasteiger partial charge < -0.3 is 14.2 Å². The Kier molecular flexibility index (Phi) is 4.74. The zero-order valence-electron chi connectivity index (χ0n) is 12.1. The largest absolute Gasteiger partial charge is 0.381 e. The Bertz CT molecular complexity index is 281. The molecule has 4 nitrogen and oxygen atoms in total. The summed E-state index contributed by atoms with van der Waals surface area (Å²) in [6.45, 7) is 3.97. The Morgan fingerprint density at radius 3 is 2.84 bits per heavy atom. The van der Waals surface area contributed by atoms with E-state index in [1.165, 1.54) is 19.3 Å². The van der Waals surface area contributed by atoms with Crippen molar-refractivity contribution in [2.24, 2.45) is 0 Å². The van der Waals surface area contributed by atoms with Crippen LogP contribution in [-0.2, 0) is 14.2 Å². The first kappa shape index (κ1) is 13.8. The highest BCUT2D eigenvalue weighted by molar-refractivity contribution is 4.91. The molecule has 2 heterocycles. The summed E-state index contributed by atoms with van der Waals surface area (Å²) in [7, 11) is 1.84. The molecule has 3 aliphatic rings. The van der Waals surface area contributed by atoms with Gasteiger partial charge in [0.15, 0.2) is 0 Å². The van der Waals surface area contributed by atoms with Gasteiger partial charge in [-0.3, -0.25) is 4.90 Å². The Morgan fingerprint density at radius 2 is 2.05 bits per heavy atom. The maximum absolute atomic E-state index is 5.96. The predicted octanol–water partition coefficient (Wildman–Crippen LogP) is 1.82. The van der Waals surface area contributed by atoms with Gasteiger partial charge in [-0.15, -0.1) is 0 Å². The molecule has 0 amide bonds. The number of hydrogen-bond donors (Lipinski definition) is 0. The molecular weight excluding hydrogens is 242 g/mol. The summed E-state index contributed by atoms with van der Waals surface area (Å²) >= 11 is 0. The molecule has 0 radical (unpaired) electrons. The van der Waals surface area contributed by atoms with E-state index in [4.69, 9.17) is 14.2 Å². The molecule has 0 spiro atoms. The summed E-state index contributed by atoms with van der Waals surface area (Å²) in [5.41, 5.74) is 0. The lowest BCUT2D eigenvalue weighted by Gasteiger charge is -2.46. The van der Waals surface area contributed by atoms with Gasteiger partial charge in [-0.25, -0.2) is 0 Å². The molecule has 110 valence electrons. The summed E-state index contributed by atoms with van der Waals surface area (Å²) in [4.78, 5) is 2.61. The molecule has 3 fully saturated rings. The van der Waals surface area contributed by atoms with Crippen LogP contribution in [-0.4, -0.2) is 62.7 Å². The number of fused-ring (bicyclic) bond motifs is 1. The molecule has 1 saturated carbocycles. The van der Waals surface area contributed by atoms with Crippen LogP contribution in [0.15, 0.2) is 0 Å². The molecule has 3 rings (SSSR count). The smallest absolute Gasteiger partial charge is 0.0732 e. The van der Waals surface area contributed by atoms with E-state index in [9.17, 15) is 0 Å². The highest BCUT2D eigenvalue weighted by Crippen LogP contribution is 2.30. The van der Waals surface area contributed by atoms with Crippen molar-refractivity contribution in [2.75, 3.05) is 33.4 Å². The lowest BCUT2D eigenvalue weighted by molar-refractivity contribution is -0.126.